The summed E-state index contributed by atoms with van der Waals surface area (Å²) >= 11 is 0. The number of hydrogen-bond donors (Lipinski definition) is 1. The minimum absolute atomic E-state index is 0.891. The molecule has 0 atom stereocenters. The molecule has 0 bridgehead atoms. The van der Waals surface area contributed by atoms with Crippen LogP contribution in [0.5, 0.6) is 0 Å². The van der Waals surface area contributed by atoms with Gasteiger partial charge in [0.1, 0.15) is 0 Å². The average molecular weight is 194 g/mol. The third-order valence-corrected chi connectivity index (χ3v) is 2.83. The summed E-state index contributed by atoms with van der Waals surface area (Å²) in [6, 6.07) is 0. The van der Waals surface area contributed by atoms with Crippen LogP contribution in [0.25, 0.3) is 0 Å². The molecule has 2 nitrogen and oxygen atoms in total. The number of hydrogen-bond acceptors (Lipinski definition) is 2. The quantitative estimate of drug-likeness (QED) is 0.690. The van der Waals surface area contributed by atoms with Gasteiger partial charge in [-0.1, -0.05) is 13.0 Å². The zero-order valence-corrected chi connectivity index (χ0v) is 9.47. The SMILES string of the molecule is C=CCNC(CC)=C1CCN(C)CC1. The maximum atomic E-state index is 3.73. The second-order valence-electron chi connectivity index (χ2n) is 3.91. The van der Waals surface area contributed by atoms with Crippen molar-refractivity contribution in [1.82, 2.24) is 10.2 Å². The van der Waals surface area contributed by atoms with Crippen molar-refractivity contribution < 1.29 is 0 Å². The maximum absolute atomic E-state index is 3.73. The molecule has 1 aliphatic rings. The highest BCUT2D eigenvalue weighted by atomic mass is 15.1. The Kier molecular flexibility index (Phi) is 4.74. The van der Waals surface area contributed by atoms with Crippen molar-refractivity contribution in [2.45, 2.75) is 26.2 Å². The minimum atomic E-state index is 0.891. The molecular weight excluding hydrogens is 172 g/mol. The van der Waals surface area contributed by atoms with Gasteiger partial charge in [0.25, 0.3) is 0 Å². The number of piperidine rings is 1. The normalized spacial score (nSPS) is 18.0. The fourth-order valence-electron chi connectivity index (χ4n) is 1.89. The predicted molar refractivity (Wildman–Crippen MR) is 62.2 cm³/mol. The van der Waals surface area contributed by atoms with Crippen LogP contribution in [0.4, 0.5) is 0 Å². The van der Waals surface area contributed by atoms with E-state index < -0.39 is 0 Å². The lowest BCUT2D eigenvalue weighted by Gasteiger charge is -2.26. The van der Waals surface area contributed by atoms with E-state index in [1.807, 2.05) is 6.08 Å². The van der Waals surface area contributed by atoms with E-state index in [4.69, 9.17) is 0 Å². The zero-order valence-electron chi connectivity index (χ0n) is 9.47. The molecule has 1 aliphatic heterocycles. The van der Waals surface area contributed by atoms with Gasteiger partial charge in [-0.2, -0.15) is 0 Å². The van der Waals surface area contributed by atoms with Crippen LogP contribution < -0.4 is 5.32 Å². The lowest BCUT2D eigenvalue weighted by atomic mass is 10.0. The van der Waals surface area contributed by atoms with E-state index in [1.165, 1.54) is 31.6 Å². The largest absolute Gasteiger partial charge is 0.385 e. The summed E-state index contributed by atoms with van der Waals surface area (Å²) in [4.78, 5) is 2.39. The molecule has 1 N–H and O–H groups in total. The molecule has 1 saturated heterocycles. The minimum Gasteiger partial charge on any atom is -0.385 e. The van der Waals surface area contributed by atoms with Crippen molar-refractivity contribution in [2.24, 2.45) is 0 Å². The standard InChI is InChI=1S/C12H22N2/c1-4-8-13-12(5-2)11-6-9-14(3)10-7-11/h4,13H,1,5-10H2,2-3H3. The Morgan fingerprint density at radius 3 is 2.64 bits per heavy atom. The lowest BCUT2D eigenvalue weighted by molar-refractivity contribution is 0.310. The van der Waals surface area contributed by atoms with Gasteiger partial charge < -0.3 is 10.2 Å². The van der Waals surface area contributed by atoms with Crippen LogP contribution >= 0.6 is 0 Å². The molecule has 1 fully saturated rings. The van der Waals surface area contributed by atoms with E-state index >= 15 is 0 Å². The first-order chi connectivity index (χ1) is 6.77. The zero-order chi connectivity index (χ0) is 10.4. The van der Waals surface area contributed by atoms with Crippen LogP contribution in [0.15, 0.2) is 23.9 Å². The fourth-order valence-corrected chi connectivity index (χ4v) is 1.89. The van der Waals surface area contributed by atoms with Crippen LogP contribution in [-0.2, 0) is 0 Å². The summed E-state index contributed by atoms with van der Waals surface area (Å²) in [7, 11) is 2.19. The molecule has 0 aromatic heterocycles. The summed E-state index contributed by atoms with van der Waals surface area (Å²) in [5.41, 5.74) is 3.06. The molecule has 0 aromatic rings. The van der Waals surface area contributed by atoms with Crippen molar-refractivity contribution in [3.05, 3.63) is 23.9 Å². The van der Waals surface area contributed by atoms with E-state index in [-0.39, 0.29) is 0 Å². The Morgan fingerprint density at radius 2 is 2.14 bits per heavy atom. The van der Waals surface area contributed by atoms with Crippen LogP contribution in [0.2, 0.25) is 0 Å². The van der Waals surface area contributed by atoms with Crippen LogP contribution in [-0.4, -0.2) is 31.6 Å². The van der Waals surface area contributed by atoms with Gasteiger partial charge in [0.15, 0.2) is 0 Å². The number of likely N-dealkylation sites (tertiary alicyclic amines) is 1. The maximum Gasteiger partial charge on any atom is 0.0325 e. The smallest absolute Gasteiger partial charge is 0.0325 e. The molecule has 0 aromatic carbocycles. The molecule has 1 rings (SSSR count). The summed E-state index contributed by atoms with van der Waals surface area (Å²) in [5, 5.41) is 3.45. The van der Waals surface area contributed by atoms with Gasteiger partial charge in [-0.05, 0) is 31.9 Å². The lowest BCUT2D eigenvalue weighted by Crippen LogP contribution is -2.28. The van der Waals surface area contributed by atoms with Gasteiger partial charge in [0.2, 0.25) is 0 Å². The molecular formula is C12H22N2. The monoisotopic (exact) mass is 194 g/mol. The van der Waals surface area contributed by atoms with Gasteiger partial charge >= 0.3 is 0 Å². The van der Waals surface area contributed by atoms with Crippen molar-refractivity contribution in [2.75, 3.05) is 26.7 Å². The third-order valence-electron chi connectivity index (χ3n) is 2.83. The van der Waals surface area contributed by atoms with Crippen LogP contribution in [0.1, 0.15) is 26.2 Å². The fraction of sp³-hybridized carbons (Fsp3) is 0.667. The van der Waals surface area contributed by atoms with E-state index in [0.717, 1.165) is 13.0 Å². The highest BCUT2D eigenvalue weighted by Gasteiger charge is 2.12. The molecule has 1 heterocycles. The number of nitrogens with one attached hydrogen (secondary N) is 1. The first-order valence-electron chi connectivity index (χ1n) is 5.52. The second kappa shape index (κ2) is 5.86. The van der Waals surface area contributed by atoms with Crippen LogP contribution in [0, 0.1) is 0 Å². The highest BCUT2D eigenvalue weighted by Crippen LogP contribution is 2.19. The molecule has 0 unspecified atom stereocenters. The summed E-state index contributed by atoms with van der Waals surface area (Å²) in [5.74, 6) is 0. The van der Waals surface area contributed by atoms with Crippen molar-refractivity contribution in [3.63, 3.8) is 0 Å². The molecule has 0 saturated carbocycles. The Morgan fingerprint density at radius 1 is 1.50 bits per heavy atom. The van der Waals surface area contributed by atoms with Crippen molar-refractivity contribution in [1.29, 1.82) is 0 Å². The van der Waals surface area contributed by atoms with Gasteiger partial charge in [-0.3, -0.25) is 0 Å². The van der Waals surface area contributed by atoms with Crippen LogP contribution in [0.3, 0.4) is 0 Å². The Bertz CT molecular complexity index is 208. The number of allylic oxidation sites excluding steroid dienone is 1. The van der Waals surface area contributed by atoms with E-state index in [9.17, 15) is 0 Å². The van der Waals surface area contributed by atoms with Crippen molar-refractivity contribution >= 4 is 0 Å². The molecule has 0 aliphatic carbocycles. The molecule has 0 spiro atoms. The van der Waals surface area contributed by atoms with Gasteiger partial charge in [0.05, 0.1) is 0 Å². The van der Waals surface area contributed by atoms with E-state index in [1.54, 1.807) is 5.57 Å². The Labute approximate surface area is 87.7 Å². The highest BCUT2D eigenvalue weighted by molar-refractivity contribution is 5.15. The summed E-state index contributed by atoms with van der Waals surface area (Å²) in [6.07, 6.45) is 5.49. The second-order valence-corrected chi connectivity index (χ2v) is 3.91. The first-order valence-corrected chi connectivity index (χ1v) is 5.52. The average Bonchev–Trinajstić information content (AvgIpc) is 2.21. The third kappa shape index (κ3) is 3.18. The Balaban J connectivity index is 2.54. The first kappa shape index (κ1) is 11.3. The summed E-state index contributed by atoms with van der Waals surface area (Å²) < 4.78 is 0. The van der Waals surface area contributed by atoms with E-state index in [2.05, 4.69) is 30.8 Å². The van der Waals surface area contributed by atoms with Crippen molar-refractivity contribution in [3.8, 4) is 0 Å². The number of nitrogens with zero attached hydrogens (tertiary/aromatic N) is 1. The number of rotatable bonds is 4. The van der Waals surface area contributed by atoms with E-state index in [0.29, 0.717) is 0 Å². The van der Waals surface area contributed by atoms with Gasteiger partial charge in [-0.25, -0.2) is 0 Å². The molecule has 14 heavy (non-hydrogen) atoms. The topological polar surface area (TPSA) is 15.3 Å². The molecule has 0 radical (unpaired) electrons. The van der Waals surface area contributed by atoms with Gasteiger partial charge in [-0.15, -0.1) is 6.58 Å². The summed E-state index contributed by atoms with van der Waals surface area (Å²) in [6.45, 7) is 9.25. The molecule has 80 valence electrons. The Hall–Kier alpha value is -0.760. The molecule has 0 amide bonds. The predicted octanol–water partition coefficient (Wildman–Crippen LogP) is 2.15. The van der Waals surface area contributed by atoms with Gasteiger partial charge in [0, 0.05) is 25.3 Å². The molecule has 2 heteroatoms.